The van der Waals surface area contributed by atoms with Crippen LogP contribution < -0.4 is 0 Å². The number of aliphatic hydroxyl groups excluding tert-OH is 1. The van der Waals surface area contributed by atoms with Gasteiger partial charge in [-0.25, -0.2) is 0 Å². The van der Waals surface area contributed by atoms with Crippen LogP contribution in [0.15, 0.2) is 64.8 Å². The second kappa shape index (κ2) is 7.63. The number of carbonyl (C=O) groups is 2. The molecule has 1 aromatic carbocycles. The molecular weight excluding hydrogens is 380 g/mol. The van der Waals surface area contributed by atoms with Crippen LogP contribution in [0.3, 0.4) is 0 Å². The molecule has 0 radical (unpaired) electrons. The second-order valence-corrected chi connectivity index (χ2v) is 7.53. The Balaban J connectivity index is 1.86. The lowest BCUT2D eigenvalue weighted by atomic mass is 9.97. The third-order valence-electron chi connectivity index (χ3n) is 5.45. The van der Waals surface area contributed by atoms with Crippen molar-refractivity contribution in [2.45, 2.75) is 33.4 Å². The Morgan fingerprint density at radius 2 is 1.77 bits per heavy atom. The third kappa shape index (κ3) is 3.41. The molecule has 1 aliphatic rings. The Bertz CT molecular complexity index is 1160. The molecule has 3 aromatic rings. The summed E-state index contributed by atoms with van der Waals surface area (Å²) < 4.78 is 5.79. The van der Waals surface area contributed by atoms with Gasteiger partial charge in [0.2, 0.25) is 0 Å². The molecular formula is C24H22N2O4. The van der Waals surface area contributed by atoms with Crippen LogP contribution >= 0.6 is 0 Å². The van der Waals surface area contributed by atoms with Crippen LogP contribution in [0.4, 0.5) is 0 Å². The Hall–Kier alpha value is -3.67. The zero-order chi connectivity index (χ0) is 21.4. The maximum Gasteiger partial charge on any atom is 0.296 e. The first-order valence-electron chi connectivity index (χ1n) is 9.68. The van der Waals surface area contributed by atoms with E-state index in [0.717, 1.165) is 16.7 Å². The number of likely N-dealkylation sites (tertiary alicyclic amines) is 1. The molecule has 0 aliphatic carbocycles. The van der Waals surface area contributed by atoms with Gasteiger partial charge in [-0.05, 0) is 67.8 Å². The molecule has 1 fully saturated rings. The first-order valence-corrected chi connectivity index (χ1v) is 9.68. The number of aromatic nitrogens is 1. The average molecular weight is 402 g/mol. The maximum atomic E-state index is 13.0. The summed E-state index contributed by atoms with van der Waals surface area (Å²) in [7, 11) is 0. The fourth-order valence-corrected chi connectivity index (χ4v) is 3.67. The number of furan rings is 1. The highest BCUT2D eigenvalue weighted by atomic mass is 16.3. The van der Waals surface area contributed by atoms with Crippen LogP contribution in [0.5, 0.6) is 0 Å². The molecule has 3 heterocycles. The van der Waals surface area contributed by atoms with Crippen LogP contribution in [0.25, 0.3) is 5.76 Å². The summed E-state index contributed by atoms with van der Waals surface area (Å²) in [5.74, 6) is -0.500. The molecule has 0 spiro atoms. The van der Waals surface area contributed by atoms with E-state index in [1.807, 2.05) is 26.0 Å². The van der Waals surface area contributed by atoms with Crippen LogP contribution in [0.2, 0.25) is 0 Å². The summed E-state index contributed by atoms with van der Waals surface area (Å²) in [4.78, 5) is 31.4. The summed E-state index contributed by atoms with van der Waals surface area (Å²) in [6.07, 6.45) is 3.26. The Morgan fingerprint density at radius 3 is 2.40 bits per heavy atom. The van der Waals surface area contributed by atoms with Crippen LogP contribution in [0, 0.1) is 20.8 Å². The summed E-state index contributed by atoms with van der Waals surface area (Å²) in [5, 5.41) is 11.1. The van der Waals surface area contributed by atoms with Gasteiger partial charge in [0.15, 0.2) is 0 Å². The first kappa shape index (κ1) is 19.6. The molecule has 1 amide bonds. The summed E-state index contributed by atoms with van der Waals surface area (Å²) >= 11 is 0. The lowest BCUT2D eigenvalue weighted by Gasteiger charge is -2.23. The normalized spacial score (nSPS) is 18.2. The van der Waals surface area contributed by atoms with Crippen molar-refractivity contribution in [2.24, 2.45) is 0 Å². The highest BCUT2D eigenvalue weighted by molar-refractivity contribution is 6.46. The minimum absolute atomic E-state index is 0.0339. The molecule has 1 N–H and O–H groups in total. The van der Waals surface area contributed by atoms with Crippen molar-refractivity contribution in [2.75, 3.05) is 0 Å². The average Bonchev–Trinajstić information content (AvgIpc) is 3.26. The lowest BCUT2D eigenvalue weighted by Crippen LogP contribution is -2.29. The van der Waals surface area contributed by atoms with Crippen molar-refractivity contribution in [3.8, 4) is 0 Å². The zero-order valence-corrected chi connectivity index (χ0v) is 17.0. The molecule has 1 unspecified atom stereocenters. The summed E-state index contributed by atoms with van der Waals surface area (Å²) in [6, 6.07) is 11.7. The van der Waals surface area contributed by atoms with Crippen molar-refractivity contribution < 1.29 is 19.1 Å². The van der Waals surface area contributed by atoms with E-state index in [-0.39, 0.29) is 17.9 Å². The zero-order valence-electron chi connectivity index (χ0n) is 17.0. The van der Waals surface area contributed by atoms with Crippen molar-refractivity contribution in [1.82, 2.24) is 9.88 Å². The summed E-state index contributed by atoms with van der Waals surface area (Å²) in [6.45, 7) is 5.89. The van der Waals surface area contributed by atoms with Crippen LogP contribution in [-0.4, -0.2) is 26.7 Å². The van der Waals surface area contributed by atoms with Gasteiger partial charge >= 0.3 is 0 Å². The lowest BCUT2D eigenvalue weighted by molar-refractivity contribution is -0.140. The quantitative estimate of drug-likeness (QED) is 0.401. The smallest absolute Gasteiger partial charge is 0.296 e. The van der Waals surface area contributed by atoms with E-state index in [9.17, 15) is 14.7 Å². The van der Waals surface area contributed by atoms with Gasteiger partial charge in [-0.2, -0.15) is 0 Å². The van der Waals surface area contributed by atoms with E-state index < -0.39 is 17.7 Å². The number of amides is 1. The number of Topliss-reactive ketones (excluding diaryl/α,β-unsaturated/α-hetero) is 1. The molecule has 4 rings (SSSR count). The van der Waals surface area contributed by atoms with Crippen molar-refractivity contribution in [1.29, 1.82) is 0 Å². The minimum atomic E-state index is -0.812. The standard InChI is InChI=1S/C24H22N2O4/c1-14-4-6-18(12-15(14)2)22(27)20-21(19-7-5-16(3)30-19)26(24(29)23(20)28)13-17-8-10-25-11-9-17/h4-12,21,27H,13H2,1-3H3/b22-20-. The predicted octanol–water partition coefficient (Wildman–Crippen LogP) is 4.22. The van der Waals surface area contributed by atoms with Gasteiger partial charge < -0.3 is 14.4 Å². The number of rotatable bonds is 4. The van der Waals surface area contributed by atoms with Crippen LogP contribution in [-0.2, 0) is 16.1 Å². The third-order valence-corrected chi connectivity index (χ3v) is 5.45. The minimum Gasteiger partial charge on any atom is -0.507 e. The molecule has 1 atom stereocenters. The second-order valence-electron chi connectivity index (χ2n) is 7.53. The van der Waals surface area contributed by atoms with Gasteiger partial charge in [0.1, 0.15) is 23.3 Å². The highest BCUT2D eigenvalue weighted by Crippen LogP contribution is 2.41. The van der Waals surface area contributed by atoms with Gasteiger partial charge in [-0.15, -0.1) is 0 Å². The number of aliphatic hydroxyl groups is 1. The topological polar surface area (TPSA) is 83.6 Å². The number of carbonyl (C=O) groups excluding carboxylic acids is 2. The number of pyridine rings is 1. The summed E-state index contributed by atoms with van der Waals surface area (Å²) in [5.41, 5.74) is 3.41. The first-order chi connectivity index (χ1) is 14.4. The molecule has 1 aliphatic heterocycles. The van der Waals surface area contributed by atoms with Crippen molar-refractivity contribution >= 4 is 17.4 Å². The molecule has 0 bridgehead atoms. The fraction of sp³-hybridized carbons (Fsp3) is 0.208. The number of nitrogens with zero attached hydrogens (tertiary/aromatic N) is 2. The van der Waals surface area contributed by atoms with Crippen LogP contribution in [0.1, 0.15) is 39.8 Å². The largest absolute Gasteiger partial charge is 0.507 e. The molecule has 1 saturated heterocycles. The fourth-order valence-electron chi connectivity index (χ4n) is 3.67. The SMILES string of the molecule is Cc1ccc(C2/C(=C(/O)c3ccc(C)c(C)c3)C(=O)C(=O)N2Cc2ccncc2)o1. The van der Waals surface area contributed by atoms with Crippen molar-refractivity contribution in [3.63, 3.8) is 0 Å². The Labute approximate surface area is 174 Å². The highest BCUT2D eigenvalue weighted by Gasteiger charge is 2.47. The van der Waals surface area contributed by atoms with Crippen molar-refractivity contribution in [3.05, 3.63) is 94.2 Å². The van der Waals surface area contributed by atoms with Gasteiger partial charge in [0.25, 0.3) is 11.7 Å². The van der Waals surface area contributed by atoms with E-state index in [4.69, 9.17) is 4.42 Å². The van der Waals surface area contributed by atoms with Gasteiger partial charge in [0, 0.05) is 24.5 Å². The van der Waals surface area contributed by atoms with E-state index in [2.05, 4.69) is 4.98 Å². The van der Waals surface area contributed by atoms with E-state index in [0.29, 0.717) is 17.1 Å². The Kier molecular flexibility index (Phi) is 4.99. The number of aryl methyl sites for hydroxylation is 3. The molecule has 152 valence electrons. The molecule has 2 aromatic heterocycles. The Morgan fingerprint density at radius 1 is 1.03 bits per heavy atom. The van der Waals surface area contributed by atoms with Gasteiger partial charge in [-0.3, -0.25) is 14.6 Å². The number of benzene rings is 1. The molecule has 6 nitrogen and oxygen atoms in total. The predicted molar refractivity (Wildman–Crippen MR) is 111 cm³/mol. The number of hydrogen-bond donors (Lipinski definition) is 1. The van der Waals surface area contributed by atoms with Gasteiger partial charge in [0.05, 0.1) is 5.57 Å². The molecule has 6 heteroatoms. The molecule has 30 heavy (non-hydrogen) atoms. The number of hydrogen-bond acceptors (Lipinski definition) is 5. The van der Waals surface area contributed by atoms with Gasteiger partial charge in [-0.1, -0.05) is 12.1 Å². The number of ketones is 1. The van der Waals surface area contributed by atoms with E-state index >= 15 is 0 Å². The van der Waals surface area contributed by atoms with E-state index in [1.54, 1.807) is 49.6 Å². The maximum absolute atomic E-state index is 13.0. The molecule has 0 saturated carbocycles. The monoisotopic (exact) mass is 402 g/mol. The van der Waals surface area contributed by atoms with E-state index in [1.165, 1.54) is 4.90 Å².